The van der Waals surface area contributed by atoms with Crippen molar-refractivity contribution in [1.29, 1.82) is 0 Å². The molecular weight excluding hydrogens is 667 g/mol. The van der Waals surface area contributed by atoms with E-state index >= 15 is 0 Å². The van der Waals surface area contributed by atoms with Crippen molar-refractivity contribution in [2.24, 2.45) is 0 Å². The second-order valence-electron chi connectivity index (χ2n) is 16.5. The standard InChI is InChI=1S/C43H53N3O5Si/c1-27(51-52(6,7)43(2,3)4)30-17-18-32-24-33(20-19-31(32)23-30)44-39(47)15-11-12-28-16-21-35(29-13-9-8-10-14-29)36(22-28)45-42(48)49-34-25-37-40-41(50-40)38(26-34)46(37)5/h8-10,13-14,16-24,27,34,37-38,40-41H,11-12,15,25-26H2,1-7H3,(H,44,47)(H,45,48)/t27?,34-,37-,38+,40-,41+. The van der Waals surface area contributed by atoms with Crippen molar-refractivity contribution in [2.45, 2.75) is 114 Å². The van der Waals surface area contributed by atoms with Crippen LogP contribution in [0.15, 0.2) is 84.9 Å². The first kappa shape index (κ1) is 36.3. The number of amides is 2. The Morgan fingerprint density at radius 2 is 1.60 bits per heavy atom. The molecule has 3 saturated heterocycles. The third-order valence-electron chi connectivity index (χ3n) is 11.8. The van der Waals surface area contributed by atoms with Gasteiger partial charge in [0.2, 0.25) is 5.91 Å². The molecule has 0 aliphatic carbocycles. The summed E-state index contributed by atoms with van der Waals surface area (Å²) in [4.78, 5) is 28.6. The average Bonchev–Trinajstić information content (AvgIpc) is 3.86. The van der Waals surface area contributed by atoms with Crippen LogP contribution in [0.2, 0.25) is 18.1 Å². The van der Waals surface area contributed by atoms with Crippen molar-refractivity contribution in [3.63, 3.8) is 0 Å². The molecule has 0 aromatic heterocycles. The highest BCUT2D eigenvalue weighted by atomic mass is 28.4. The number of carbonyl (C=O) groups excluding carboxylic acids is 2. The summed E-state index contributed by atoms with van der Waals surface area (Å²) in [5.74, 6) is -0.0228. The lowest BCUT2D eigenvalue weighted by molar-refractivity contribution is -0.116. The van der Waals surface area contributed by atoms with Crippen molar-refractivity contribution in [2.75, 3.05) is 17.7 Å². The molecule has 3 heterocycles. The highest BCUT2D eigenvalue weighted by Crippen LogP contribution is 2.48. The number of likely N-dealkylation sites (N-methyl/N-ethyl adjacent to an activating group) is 1. The van der Waals surface area contributed by atoms with Crippen LogP contribution < -0.4 is 10.6 Å². The molecule has 0 radical (unpaired) electrons. The van der Waals surface area contributed by atoms with Gasteiger partial charge in [0, 0.05) is 42.6 Å². The van der Waals surface area contributed by atoms with Gasteiger partial charge in [0.05, 0.1) is 11.8 Å². The first-order valence-corrected chi connectivity index (χ1v) is 21.7. The van der Waals surface area contributed by atoms with E-state index in [4.69, 9.17) is 13.9 Å². The molecule has 0 spiro atoms. The van der Waals surface area contributed by atoms with Gasteiger partial charge in [-0.25, -0.2) is 4.79 Å². The minimum absolute atomic E-state index is 0.0142. The van der Waals surface area contributed by atoms with Gasteiger partial charge in [0.25, 0.3) is 0 Å². The molecular formula is C43H53N3O5Si. The Morgan fingerprint density at radius 1 is 0.904 bits per heavy atom. The molecule has 274 valence electrons. The van der Waals surface area contributed by atoms with Crippen LogP contribution in [0, 0.1) is 0 Å². The fourth-order valence-electron chi connectivity index (χ4n) is 7.77. The number of benzene rings is 4. The zero-order chi connectivity index (χ0) is 36.8. The number of hydrogen-bond acceptors (Lipinski definition) is 6. The van der Waals surface area contributed by atoms with Gasteiger partial charge in [-0.3, -0.25) is 15.0 Å². The maximum atomic E-state index is 13.2. The van der Waals surface area contributed by atoms with Gasteiger partial charge in [0.1, 0.15) is 18.3 Å². The van der Waals surface area contributed by atoms with E-state index in [1.807, 2.05) is 54.6 Å². The summed E-state index contributed by atoms with van der Waals surface area (Å²) in [5, 5.41) is 8.50. The van der Waals surface area contributed by atoms with Crippen molar-refractivity contribution >= 4 is 42.5 Å². The Labute approximate surface area is 309 Å². The van der Waals surface area contributed by atoms with Gasteiger partial charge in [0.15, 0.2) is 8.32 Å². The minimum Gasteiger partial charge on any atom is -0.446 e. The second-order valence-corrected chi connectivity index (χ2v) is 21.2. The molecule has 2 amide bonds. The minimum atomic E-state index is -1.89. The summed E-state index contributed by atoms with van der Waals surface area (Å²) in [6.45, 7) is 13.5. The van der Waals surface area contributed by atoms with Gasteiger partial charge < -0.3 is 19.2 Å². The number of hydrogen-bond donors (Lipinski definition) is 2. The van der Waals surface area contributed by atoms with Crippen LogP contribution in [0.25, 0.3) is 21.9 Å². The predicted molar refractivity (Wildman–Crippen MR) is 211 cm³/mol. The number of nitrogens with zero attached hydrogens (tertiary/aromatic N) is 1. The van der Waals surface area contributed by atoms with Crippen molar-refractivity contribution < 1.29 is 23.5 Å². The van der Waals surface area contributed by atoms with Crippen LogP contribution in [0.3, 0.4) is 0 Å². The summed E-state index contributed by atoms with van der Waals surface area (Å²) in [7, 11) is 0.256. The van der Waals surface area contributed by atoms with Gasteiger partial charge in [-0.05, 0) is 96.7 Å². The first-order valence-electron chi connectivity index (χ1n) is 18.8. The molecule has 2 bridgehead atoms. The molecule has 3 aliphatic rings. The zero-order valence-corrected chi connectivity index (χ0v) is 32.6. The average molecular weight is 720 g/mol. The quantitative estimate of drug-likeness (QED) is 0.119. The van der Waals surface area contributed by atoms with Gasteiger partial charge >= 0.3 is 6.09 Å². The van der Waals surface area contributed by atoms with E-state index in [0.717, 1.165) is 51.6 Å². The third kappa shape index (κ3) is 7.83. The topological polar surface area (TPSA) is 92.4 Å². The lowest BCUT2D eigenvalue weighted by atomic mass is 9.99. The van der Waals surface area contributed by atoms with E-state index in [-0.39, 0.29) is 23.2 Å². The molecule has 52 heavy (non-hydrogen) atoms. The number of aryl methyl sites for hydroxylation is 1. The molecule has 9 heteroatoms. The van der Waals surface area contributed by atoms with Crippen LogP contribution in [0.5, 0.6) is 0 Å². The van der Waals surface area contributed by atoms with Crippen LogP contribution in [-0.2, 0) is 25.1 Å². The summed E-state index contributed by atoms with van der Waals surface area (Å²) >= 11 is 0. The van der Waals surface area contributed by atoms with E-state index in [2.05, 4.69) is 93.7 Å². The van der Waals surface area contributed by atoms with Crippen LogP contribution >= 0.6 is 0 Å². The van der Waals surface area contributed by atoms with Crippen LogP contribution in [-0.4, -0.2) is 62.7 Å². The fourth-order valence-corrected chi connectivity index (χ4v) is 9.14. The summed E-state index contributed by atoms with van der Waals surface area (Å²) < 4.78 is 18.4. The monoisotopic (exact) mass is 719 g/mol. The summed E-state index contributed by atoms with van der Waals surface area (Å²) in [5.41, 5.74) is 5.65. The predicted octanol–water partition coefficient (Wildman–Crippen LogP) is 9.71. The lowest BCUT2D eigenvalue weighted by Gasteiger charge is -2.38. The highest BCUT2D eigenvalue weighted by Gasteiger charge is 2.62. The van der Waals surface area contributed by atoms with E-state index in [1.54, 1.807) is 0 Å². The van der Waals surface area contributed by atoms with E-state index in [0.29, 0.717) is 49.2 Å². The molecule has 0 saturated carbocycles. The number of rotatable bonds is 11. The number of carbonyl (C=O) groups is 2. The Balaban J connectivity index is 0.947. The molecule has 4 aromatic rings. The SMILES string of the molecule is CC(O[Si](C)(C)C(C)(C)C)c1ccc2cc(NC(=O)CCCc3ccc(-c4ccccc4)c(NC(=O)O[C@@H]4C[C@@H]5[C@H]6O[C@H]6[C@H](C4)N5C)c3)ccc2c1. The smallest absolute Gasteiger partial charge is 0.411 e. The van der Waals surface area contributed by atoms with Crippen molar-refractivity contribution in [3.8, 4) is 11.1 Å². The number of nitrogens with one attached hydrogen (secondary N) is 2. The van der Waals surface area contributed by atoms with Crippen LogP contribution in [0.1, 0.15) is 70.6 Å². The number of morpholine rings is 1. The number of ether oxygens (including phenoxy) is 2. The Kier molecular flexibility index (Phi) is 10.1. The zero-order valence-electron chi connectivity index (χ0n) is 31.6. The second kappa shape index (κ2) is 14.4. The molecule has 8 nitrogen and oxygen atoms in total. The Bertz CT molecular complexity index is 1920. The summed E-state index contributed by atoms with van der Waals surface area (Å²) in [6, 6.07) is 29.3. The molecule has 4 aromatic carbocycles. The van der Waals surface area contributed by atoms with E-state index < -0.39 is 14.4 Å². The van der Waals surface area contributed by atoms with Crippen molar-refractivity contribution in [3.05, 3.63) is 96.1 Å². The summed E-state index contributed by atoms with van der Waals surface area (Å²) in [6.07, 6.45) is 3.38. The van der Waals surface area contributed by atoms with Gasteiger partial charge in [-0.2, -0.15) is 0 Å². The maximum Gasteiger partial charge on any atom is 0.411 e. The Hall–Kier alpha value is -4.02. The highest BCUT2D eigenvalue weighted by molar-refractivity contribution is 6.74. The molecule has 6 atom stereocenters. The van der Waals surface area contributed by atoms with E-state index in [1.165, 1.54) is 0 Å². The first-order chi connectivity index (χ1) is 24.8. The van der Waals surface area contributed by atoms with Gasteiger partial charge in [-0.15, -0.1) is 0 Å². The molecule has 1 unspecified atom stereocenters. The number of piperidine rings is 1. The molecule has 7 rings (SSSR count). The maximum absolute atomic E-state index is 13.2. The van der Waals surface area contributed by atoms with Crippen molar-refractivity contribution in [1.82, 2.24) is 4.90 Å². The number of anilines is 2. The number of epoxide rings is 1. The Morgan fingerprint density at radius 3 is 2.31 bits per heavy atom. The third-order valence-corrected chi connectivity index (χ3v) is 16.4. The largest absolute Gasteiger partial charge is 0.446 e. The molecule has 2 N–H and O–H groups in total. The number of fused-ring (bicyclic) bond motifs is 6. The normalized spacial score (nSPS) is 23.2. The fraction of sp³-hybridized carbons (Fsp3) is 0.442. The molecule has 3 aliphatic heterocycles. The molecule has 3 fully saturated rings. The van der Waals surface area contributed by atoms with Crippen LogP contribution in [0.4, 0.5) is 16.2 Å². The van der Waals surface area contributed by atoms with E-state index in [9.17, 15) is 9.59 Å². The van der Waals surface area contributed by atoms with Gasteiger partial charge in [-0.1, -0.05) is 81.4 Å². The lowest BCUT2D eigenvalue weighted by Crippen LogP contribution is -2.48.